The minimum Gasteiger partial charge on any atom is -0.496 e. The molecule has 2 unspecified atom stereocenters. The summed E-state index contributed by atoms with van der Waals surface area (Å²) >= 11 is 0. The Balaban J connectivity index is 1.69. The molecule has 0 spiro atoms. The van der Waals surface area contributed by atoms with Crippen LogP contribution in [0.5, 0.6) is 11.5 Å². The second kappa shape index (κ2) is 9.82. The van der Waals surface area contributed by atoms with E-state index in [1.165, 1.54) is 24.0 Å². The van der Waals surface area contributed by atoms with Gasteiger partial charge < -0.3 is 14.8 Å². The van der Waals surface area contributed by atoms with Gasteiger partial charge in [-0.2, -0.15) is 0 Å². The largest absolute Gasteiger partial charge is 0.496 e. The van der Waals surface area contributed by atoms with Gasteiger partial charge in [0, 0.05) is 0 Å². The number of fused-ring (bicyclic) bond motifs is 1. The number of carbonyl (C=O) groups excluding carboxylic acids is 1. The van der Waals surface area contributed by atoms with Crippen LogP contribution in [0.25, 0.3) is 0 Å². The van der Waals surface area contributed by atoms with E-state index in [9.17, 15) is 4.79 Å². The van der Waals surface area contributed by atoms with Gasteiger partial charge in [-0.15, -0.1) is 0 Å². The van der Waals surface area contributed by atoms with Crippen LogP contribution >= 0.6 is 0 Å². The molecule has 2 atom stereocenters. The number of benzene rings is 2. The summed E-state index contributed by atoms with van der Waals surface area (Å²) in [5.74, 6) is 1.59. The molecular formula is C25H33NO3. The van der Waals surface area contributed by atoms with E-state index >= 15 is 0 Å². The fourth-order valence-electron chi connectivity index (χ4n) is 4.07. The summed E-state index contributed by atoms with van der Waals surface area (Å²) < 4.78 is 11.4. The zero-order valence-electron chi connectivity index (χ0n) is 18.1. The maximum Gasteiger partial charge on any atom is 0.261 e. The van der Waals surface area contributed by atoms with Crippen molar-refractivity contribution in [2.45, 2.75) is 71.4 Å². The first-order valence-corrected chi connectivity index (χ1v) is 10.8. The molecule has 4 heteroatoms. The lowest BCUT2D eigenvalue weighted by Crippen LogP contribution is -2.40. The van der Waals surface area contributed by atoms with Crippen molar-refractivity contribution in [3.05, 3.63) is 58.7 Å². The van der Waals surface area contributed by atoms with E-state index in [2.05, 4.69) is 30.4 Å². The Bertz CT molecular complexity index is 846. The minimum absolute atomic E-state index is 0.0479. The first-order chi connectivity index (χ1) is 14.0. The molecule has 1 aliphatic rings. The minimum atomic E-state index is -0.495. The smallest absolute Gasteiger partial charge is 0.261 e. The molecule has 0 saturated heterocycles. The van der Waals surface area contributed by atoms with Gasteiger partial charge in [0.2, 0.25) is 0 Å². The van der Waals surface area contributed by atoms with Crippen LogP contribution in [0.2, 0.25) is 0 Å². The molecule has 2 aromatic rings. The van der Waals surface area contributed by atoms with Gasteiger partial charge in [0.25, 0.3) is 5.91 Å². The van der Waals surface area contributed by atoms with Crippen LogP contribution < -0.4 is 14.8 Å². The Morgan fingerprint density at radius 3 is 2.45 bits per heavy atom. The normalized spacial score (nSPS) is 15.2. The molecule has 0 saturated carbocycles. The third-order valence-corrected chi connectivity index (χ3v) is 5.81. The van der Waals surface area contributed by atoms with Crippen LogP contribution in [0, 0.1) is 6.92 Å². The summed E-state index contributed by atoms with van der Waals surface area (Å²) in [6.45, 7) is 6.09. The number of nitrogens with one attached hydrogen (secondary N) is 1. The summed E-state index contributed by atoms with van der Waals surface area (Å²) in [6.07, 6.45) is 5.68. The van der Waals surface area contributed by atoms with Gasteiger partial charge in [0.05, 0.1) is 13.2 Å². The highest BCUT2D eigenvalue weighted by atomic mass is 16.5. The molecule has 1 amide bonds. The fourth-order valence-corrected chi connectivity index (χ4v) is 4.07. The lowest BCUT2D eigenvalue weighted by atomic mass is 9.92. The molecule has 0 radical (unpaired) electrons. The van der Waals surface area contributed by atoms with E-state index in [1.54, 1.807) is 7.11 Å². The van der Waals surface area contributed by atoms with Crippen LogP contribution in [0.15, 0.2) is 36.4 Å². The van der Waals surface area contributed by atoms with Crippen LogP contribution in [-0.4, -0.2) is 19.1 Å². The SMILES string of the molecule is CCC(Oc1ccc2c(c1)CCCC2)C(=O)NC(CC)c1ccc(OC)c(C)c1. The van der Waals surface area contributed by atoms with Gasteiger partial charge >= 0.3 is 0 Å². The second-order valence-electron chi connectivity index (χ2n) is 7.85. The number of ether oxygens (including phenoxy) is 2. The topological polar surface area (TPSA) is 47.6 Å². The molecule has 3 rings (SSSR count). The molecule has 156 valence electrons. The van der Waals surface area contributed by atoms with Gasteiger partial charge in [-0.1, -0.05) is 32.0 Å². The third kappa shape index (κ3) is 5.11. The molecule has 1 aliphatic carbocycles. The second-order valence-corrected chi connectivity index (χ2v) is 7.85. The predicted octanol–water partition coefficient (Wildman–Crippen LogP) is 5.31. The van der Waals surface area contributed by atoms with E-state index in [0.29, 0.717) is 6.42 Å². The maximum atomic E-state index is 13.0. The average molecular weight is 396 g/mol. The van der Waals surface area contributed by atoms with Crippen LogP contribution in [-0.2, 0) is 17.6 Å². The fraction of sp³-hybridized carbons (Fsp3) is 0.480. The Morgan fingerprint density at radius 1 is 1.03 bits per heavy atom. The number of hydrogen-bond acceptors (Lipinski definition) is 3. The molecule has 4 nitrogen and oxygen atoms in total. The Hall–Kier alpha value is -2.49. The molecule has 0 fully saturated rings. The monoisotopic (exact) mass is 395 g/mol. The van der Waals surface area contributed by atoms with E-state index in [4.69, 9.17) is 9.47 Å². The maximum absolute atomic E-state index is 13.0. The standard InChI is InChI=1S/C25H33NO3/c1-5-22(20-12-14-24(28-4)17(3)15-20)26-25(27)23(6-2)29-21-13-11-18-9-7-8-10-19(18)16-21/h11-16,22-23H,5-10H2,1-4H3,(H,26,27). The van der Waals surface area contributed by atoms with Crippen molar-refractivity contribution in [3.8, 4) is 11.5 Å². The summed E-state index contributed by atoms with van der Waals surface area (Å²) in [4.78, 5) is 13.0. The third-order valence-electron chi connectivity index (χ3n) is 5.81. The first-order valence-electron chi connectivity index (χ1n) is 10.8. The number of aryl methyl sites for hydroxylation is 3. The van der Waals surface area contributed by atoms with E-state index in [-0.39, 0.29) is 11.9 Å². The van der Waals surface area contributed by atoms with Gasteiger partial charge in [0.15, 0.2) is 6.10 Å². The quantitative estimate of drug-likeness (QED) is 0.659. The number of rotatable bonds is 8. The van der Waals surface area contributed by atoms with Crippen molar-refractivity contribution < 1.29 is 14.3 Å². The van der Waals surface area contributed by atoms with Gasteiger partial charge in [-0.25, -0.2) is 0 Å². The molecule has 0 aliphatic heterocycles. The Morgan fingerprint density at radius 2 is 1.79 bits per heavy atom. The lowest BCUT2D eigenvalue weighted by Gasteiger charge is -2.24. The van der Waals surface area contributed by atoms with Crippen molar-refractivity contribution in [2.75, 3.05) is 7.11 Å². The van der Waals surface area contributed by atoms with E-state index in [1.807, 2.05) is 32.0 Å². The summed E-state index contributed by atoms with van der Waals surface area (Å²) in [6, 6.07) is 12.3. The highest BCUT2D eigenvalue weighted by Gasteiger charge is 2.23. The van der Waals surface area contributed by atoms with Gasteiger partial charge in [0.1, 0.15) is 11.5 Å². The number of hydrogen-bond donors (Lipinski definition) is 1. The first kappa shape index (κ1) is 21.2. The summed E-state index contributed by atoms with van der Waals surface area (Å²) in [5.41, 5.74) is 4.93. The van der Waals surface area contributed by atoms with Crippen LogP contribution in [0.4, 0.5) is 0 Å². The van der Waals surface area contributed by atoms with Crippen LogP contribution in [0.1, 0.15) is 67.8 Å². The molecule has 0 bridgehead atoms. The number of amides is 1. The number of methoxy groups -OCH3 is 1. The van der Waals surface area contributed by atoms with E-state index < -0.39 is 6.10 Å². The molecule has 1 N–H and O–H groups in total. The molecule has 2 aromatic carbocycles. The molecular weight excluding hydrogens is 362 g/mol. The summed E-state index contributed by atoms with van der Waals surface area (Å²) in [7, 11) is 1.67. The van der Waals surface area contributed by atoms with Crippen molar-refractivity contribution in [3.63, 3.8) is 0 Å². The van der Waals surface area contributed by atoms with Crippen molar-refractivity contribution in [2.24, 2.45) is 0 Å². The van der Waals surface area contributed by atoms with E-state index in [0.717, 1.165) is 41.9 Å². The summed E-state index contributed by atoms with van der Waals surface area (Å²) in [5, 5.41) is 3.18. The molecule has 29 heavy (non-hydrogen) atoms. The number of carbonyl (C=O) groups is 1. The predicted molar refractivity (Wildman–Crippen MR) is 117 cm³/mol. The zero-order chi connectivity index (χ0) is 20.8. The highest BCUT2D eigenvalue weighted by molar-refractivity contribution is 5.81. The Labute approximate surface area is 174 Å². The molecule has 0 heterocycles. The van der Waals surface area contributed by atoms with Gasteiger partial charge in [-0.05, 0) is 85.9 Å². The average Bonchev–Trinajstić information content (AvgIpc) is 2.75. The molecule has 0 aromatic heterocycles. The van der Waals surface area contributed by atoms with Crippen molar-refractivity contribution in [1.29, 1.82) is 0 Å². The lowest BCUT2D eigenvalue weighted by molar-refractivity contribution is -0.128. The Kier molecular flexibility index (Phi) is 7.18. The van der Waals surface area contributed by atoms with Crippen molar-refractivity contribution in [1.82, 2.24) is 5.32 Å². The van der Waals surface area contributed by atoms with Crippen molar-refractivity contribution >= 4 is 5.91 Å². The highest BCUT2D eigenvalue weighted by Crippen LogP contribution is 2.27. The van der Waals surface area contributed by atoms with Crippen LogP contribution in [0.3, 0.4) is 0 Å². The van der Waals surface area contributed by atoms with Gasteiger partial charge in [-0.3, -0.25) is 4.79 Å². The zero-order valence-corrected chi connectivity index (χ0v) is 18.1.